The molecule has 5 rings (SSSR count). The van der Waals surface area contributed by atoms with Crippen LogP contribution in [0.15, 0.2) is 78.9 Å². The first-order valence-electron chi connectivity index (χ1n) is 7.91. The van der Waals surface area contributed by atoms with Gasteiger partial charge in [-0.05, 0) is 39.6 Å². The largest absolute Gasteiger partial charge is 0.135 e. The van der Waals surface area contributed by atoms with E-state index in [-0.39, 0.29) is 0 Å². The highest BCUT2D eigenvalue weighted by atomic mass is 127. The van der Waals surface area contributed by atoms with Crippen LogP contribution in [0.4, 0.5) is 0 Å². The third kappa shape index (κ3) is 2.03. The van der Waals surface area contributed by atoms with E-state index >= 15 is 0 Å². The minimum absolute atomic E-state index is 1.29. The monoisotopic (exact) mass is 436 g/mol. The first kappa shape index (κ1) is 14.4. The van der Waals surface area contributed by atoms with E-state index in [0.717, 1.165) is 0 Å². The number of hydrogen-bond donors (Lipinski definition) is 0. The van der Waals surface area contributed by atoms with Crippen LogP contribution in [0.5, 0.6) is 0 Å². The number of rotatable bonds is 1. The van der Waals surface area contributed by atoms with Crippen LogP contribution >= 0.6 is 33.9 Å². The number of benzene rings is 4. The molecule has 0 unspecified atom stereocenters. The number of hydrogen-bond acceptors (Lipinski definition) is 1. The molecule has 114 valence electrons. The van der Waals surface area contributed by atoms with Gasteiger partial charge in [-0.15, -0.1) is 11.3 Å². The summed E-state index contributed by atoms with van der Waals surface area (Å²) >= 11 is 4.43. The van der Waals surface area contributed by atoms with E-state index in [1.54, 1.807) is 0 Å². The van der Waals surface area contributed by atoms with Crippen molar-refractivity contribution in [3.63, 3.8) is 0 Å². The molecule has 0 saturated heterocycles. The Hall–Kier alpha value is -1.91. The van der Waals surface area contributed by atoms with Crippen molar-refractivity contribution in [3.05, 3.63) is 82.4 Å². The zero-order valence-electron chi connectivity index (χ0n) is 12.8. The molecule has 0 nitrogen and oxygen atoms in total. The van der Waals surface area contributed by atoms with Crippen molar-refractivity contribution < 1.29 is 0 Å². The summed E-state index contributed by atoms with van der Waals surface area (Å²) in [7, 11) is 0. The van der Waals surface area contributed by atoms with Gasteiger partial charge >= 0.3 is 0 Å². The Morgan fingerprint density at radius 3 is 2.04 bits per heavy atom. The Balaban J connectivity index is 2.11. The quantitative estimate of drug-likeness (QED) is 0.239. The molecule has 0 aliphatic rings. The smallest absolute Gasteiger partial charge is 0.0440 e. The average molecular weight is 436 g/mol. The Bertz CT molecular complexity index is 1200. The lowest BCUT2D eigenvalue weighted by Crippen LogP contribution is -1.87. The summed E-state index contributed by atoms with van der Waals surface area (Å²) in [6, 6.07) is 28.3. The summed E-state index contributed by atoms with van der Waals surface area (Å²) in [6.07, 6.45) is 0. The van der Waals surface area contributed by atoms with Gasteiger partial charge in [0.05, 0.1) is 0 Å². The fourth-order valence-corrected chi connectivity index (χ4v) is 5.78. The van der Waals surface area contributed by atoms with Gasteiger partial charge < -0.3 is 0 Å². The van der Waals surface area contributed by atoms with Gasteiger partial charge in [0.25, 0.3) is 0 Å². The van der Waals surface area contributed by atoms with E-state index in [1.165, 1.54) is 45.6 Å². The minimum atomic E-state index is 1.29. The number of halogens is 1. The van der Waals surface area contributed by atoms with Gasteiger partial charge in [0, 0.05) is 34.7 Å². The van der Waals surface area contributed by atoms with E-state index in [2.05, 4.69) is 101 Å². The number of thiophene rings is 1. The second kappa shape index (κ2) is 5.57. The Labute approximate surface area is 157 Å². The fourth-order valence-electron chi connectivity index (χ4n) is 3.48. The molecule has 1 aromatic heterocycles. The third-order valence-electron chi connectivity index (χ3n) is 4.54. The van der Waals surface area contributed by atoms with Crippen molar-refractivity contribution in [2.75, 3.05) is 0 Å². The fraction of sp³-hybridized carbons (Fsp3) is 0. The Kier molecular flexibility index (Phi) is 3.35. The molecule has 0 fully saturated rings. The van der Waals surface area contributed by atoms with Gasteiger partial charge in [-0.2, -0.15) is 0 Å². The molecule has 0 atom stereocenters. The third-order valence-corrected chi connectivity index (χ3v) is 6.86. The van der Waals surface area contributed by atoms with Crippen LogP contribution in [0.2, 0.25) is 0 Å². The molecule has 0 N–H and O–H groups in total. The van der Waals surface area contributed by atoms with Crippen molar-refractivity contribution in [2.24, 2.45) is 0 Å². The van der Waals surface area contributed by atoms with E-state index in [1.807, 2.05) is 11.3 Å². The average Bonchev–Trinajstić information content (AvgIpc) is 3.03. The second-order valence-corrected chi connectivity index (χ2v) is 8.03. The second-order valence-electron chi connectivity index (χ2n) is 5.90. The molecule has 0 spiro atoms. The molecule has 1 heterocycles. The van der Waals surface area contributed by atoms with E-state index < -0.39 is 0 Å². The molecule has 0 bridgehead atoms. The normalized spacial score (nSPS) is 11.5. The summed E-state index contributed by atoms with van der Waals surface area (Å²) in [6.45, 7) is 0. The topological polar surface area (TPSA) is 0 Å². The van der Waals surface area contributed by atoms with E-state index in [9.17, 15) is 0 Å². The van der Waals surface area contributed by atoms with Crippen LogP contribution in [0.25, 0.3) is 42.1 Å². The van der Waals surface area contributed by atoms with Crippen LogP contribution < -0.4 is 0 Å². The van der Waals surface area contributed by atoms with Crippen molar-refractivity contribution in [2.45, 2.75) is 0 Å². The van der Waals surface area contributed by atoms with Crippen molar-refractivity contribution >= 4 is 64.9 Å². The highest BCUT2D eigenvalue weighted by Gasteiger charge is 2.18. The van der Waals surface area contributed by atoms with Crippen LogP contribution in [0.3, 0.4) is 0 Å². The standard InChI is InChI=1S/C22H13IS/c23-21-15-10-4-5-11-16(15)22-20(17-12-6-7-13-18(17)24-22)19(21)14-8-2-1-3-9-14/h1-13H. The van der Waals surface area contributed by atoms with E-state index in [4.69, 9.17) is 0 Å². The Morgan fingerprint density at radius 2 is 1.25 bits per heavy atom. The van der Waals surface area contributed by atoms with Gasteiger partial charge in [0.2, 0.25) is 0 Å². The van der Waals surface area contributed by atoms with Crippen LogP contribution in [0.1, 0.15) is 0 Å². The van der Waals surface area contributed by atoms with Crippen molar-refractivity contribution in [1.82, 2.24) is 0 Å². The zero-order valence-corrected chi connectivity index (χ0v) is 15.8. The van der Waals surface area contributed by atoms with Crippen LogP contribution in [-0.2, 0) is 0 Å². The maximum absolute atomic E-state index is 2.53. The summed E-state index contributed by atoms with van der Waals surface area (Å²) < 4.78 is 4.09. The lowest BCUT2D eigenvalue weighted by molar-refractivity contribution is 1.66. The lowest BCUT2D eigenvalue weighted by atomic mass is 9.95. The zero-order chi connectivity index (χ0) is 16.1. The molecule has 5 aromatic rings. The van der Waals surface area contributed by atoms with Crippen LogP contribution in [-0.4, -0.2) is 0 Å². The van der Waals surface area contributed by atoms with E-state index in [0.29, 0.717) is 0 Å². The maximum Gasteiger partial charge on any atom is 0.0440 e. The van der Waals surface area contributed by atoms with Gasteiger partial charge in [-0.3, -0.25) is 0 Å². The van der Waals surface area contributed by atoms with Crippen molar-refractivity contribution in [1.29, 1.82) is 0 Å². The summed E-state index contributed by atoms with van der Waals surface area (Å²) in [5.74, 6) is 0. The first-order chi connectivity index (χ1) is 11.8. The maximum atomic E-state index is 2.53. The molecule has 0 aliphatic carbocycles. The molecular weight excluding hydrogens is 423 g/mol. The highest BCUT2D eigenvalue weighted by molar-refractivity contribution is 14.1. The minimum Gasteiger partial charge on any atom is -0.135 e. The molecular formula is C22H13IS. The van der Waals surface area contributed by atoms with Gasteiger partial charge in [-0.1, -0.05) is 72.8 Å². The molecule has 2 heteroatoms. The summed E-state index contributed by atoms with van der Waals surface area (Å²) in [4.78, 5) is 0. The highest BCUT2D eigenvalue weighted by Crippen LogP contribution is 2.46. The lowest BCUT2D eigenvalue weighted by Gasteiger charge is -2.12. The molecule has 0 amide bonds. The molecule has 0 aliphatic heterocycles. The van der Waals surface area contributed by atoms with Crippen molar-refractivity contribution in [3.8, 4) is 11.1 Å². The Morgan fingerprint density at radius 1 is 0.625 bits per heavy atom. The first-order valence-corrected chi connectivity index (χ1v) is 9.81. The molecule has 4 aromatic carbocycles. The summed E-state index contributed by atoms with van der Waals surface area (Å²) in [5, 5.41) is 5.46. The molecule has 0 radical (unpaired) electrons. The van der Waals surface area contributed by atoms with Gasteiger partial charge in [0.15, 0.2) is 0 Å². The van der Waals surface area contributed by atoms with Gasteiger partial charge in [-0.25, -0.2) is 0 Å². The molecule has 0 saturated carbocycles. The number of fused-ring (bicyclic) bond motifs is 5. The predicted molar refractivity (Wildman–Crippen MR) is 115 cm³/mol. The SMILES string of the molecule is Ic1c(-c2ccccc2)c2c3ccccc3sc2c2ccccc12. The predicted octanol–water partition coefficient (Wildman–Crippen LogP) is 7.48. The van der Waals surface area contributed by atoms with Crippen LogP contribution in [0, 0.1) is 3.57 Å². The molecule has 24 heavy (non-hydrogen) atoms. The van der Waals surface area contributed by atoms with Gasteiger partial charge in [0.1, 0.15) is 0 Å². The summed E-state index contributed by atoms with van der Waals surface area (Å²) in [5.41, 5.74) is 2.66.